The smallest absolute Gasteiger partial charge is 0.0917 e. The van der Waals surface area contributed by atoms with Crippen molar-refractivity contribution >= 4 is 5.69 Å². The molecule has 1 aromatic carbocycles. The number of β-amino-alcohol motifs (C(OH)–C–C–N with tert-alkyl or cyclic N) is 1. The Labute approximate surface area is 122 Å². The highest BCUT2D eigenvalue weighted by atomic mass is 16.3. The van der Waals surface area contributed by atoms with Crippen molar-refractivity contribution in [2.75, 3.05) is 38.5 Å². The fourth-order valence-corrected chi connectivity index (χ4v) is 2.76. The average molecular weight is 277 g/mol. The molecular weight excluding hydrogens is 250 g/mol. The van der Waals surface area contributed by atoms with Gasteiger partial charge < -0.3 is 10.8 Å². The van der Waals surface area contributed by atoms with E-state index in [2.05, 4.69) is 23.6 Å². The quantitative estimate of drug-likeness (QED) is 0.805. The van der Waals surface area contributed by atoms with Gasteiger partial charge in [-0.25, -0.2) is 0 Å². The molecule has 3 N–H and O–H groups in total. The molecule has 0 bridgehead atoms. The van der Waals surface area contributed by atoms with E-state index >= 15 is 0 Å². The Kier molecular flexibility index (Phi) is 5.40. The Morgan fingerprint density at radius 2 is 1.95 bits per heavy atom. The summed E-state index contributed by atoms with van der Waals surface area (Å²) in [7, 11) is 0. The SMILES string of the molecule is CCC(C)N1CCN(CC(O)c2cccc(N)c2)CC1. The summed E-state index contributed by atoms with van der Waals surface area (Å²) in [6.07, 6.45) is 0.750. The fourth-order valence-electron chi connectivity index (χ4n) is 2.76. The Morgan fingerprint density at radius 1 is 1.25 bits per heavy atom. The molecule has 2 unspecified atom stereocenters. The molecule has 1 heterocycles. The summed E-state index contributed by atoms with van der Waals surface area (Å²) in [5.74, 6) is 0. The van der Waals surface area contributed by atoms with E-state index in [9.17, 15) is 5.11 Å². The molecule has 0 spiro atoms. The van der Waals surface area contributed by atoms with Crippen LogP contribution in [0.2, 0.25) is 0 Å². The van der Waals surface area contributed by atoms with Crippen molar-refractivity contribution in [3.8, 4) is 0 Å². The number of hydrogen-bond acceptors (Lipinski definition) is 4. The maximum Gasteiger partial charge on any atom is 0.0917 e. The normalized spacial score (nSPS) is 20.8. The molecule has 2 atom stereocenters. The van der Waals surface area contributed by atoms with E-state index in [1.807, 2.05) is 24.3 Å². The number of hydrogen-bond donors (Lipinski definition) is 2. The van der Waals surface area contributed by atoms with E-state index in [4.69, 9.17) is 5.73 Å². The van der Waals surface area contributed by atoms with Gasteiger partial charge in [0, 0.05) is 44.5 Å². The number of nitrogens with two attached hydrogens (primary N) is 1. The second-order valence-corrected chi connectivity index (χ2v) is 5.78. The number of nitrogen functional groups attached to an aromatic ring is 1. The molecule has 0 radical (unpaired) electrons. The molecule has 1 saturated heterocycles. The summed E-state index contributed by atoms with van der Waals surface area (Å²) in [6.45, 7) is 9.47. The van der Waals surface area contributed by atoms with E-state index in [1.165, 1.54) is 6.42 Å². The van der Waals surface area contributed by atoms with E-state index in [1.54, 1.807) is 0 Å². The standard InChI is InChI=1S/C16H27N3O/c1-3-13(2)19-9-7-18(8-10-19)12-16(20)14-5-4-6-15(17)11-14/h4-6,11,13,16,20H,3,7-10,12,17H2,1-2H3. The van der Waals surface area contributed by atoms with E-state index < -0.39 is 6.10 Å². The molecule has 4 heteroatoms. The molecular formula is C16H27N3O. The van der Waals surface area contributed by atoms with Crippen LogP contribution in [0.3, 0.4) is 0 Å². The van der Waals surface area contributed by atoms with Crippen LogP contribution in [0, 0.1) is 0 Å². The summed E-state index contributed by atoms with van der Waals surface area (Å²) < 4.78 is 0. The molecule has 2 rings (SSSR count). The van der Waals surface area contributed by atoms with Crippen LogP contribution in [-0.4, -0.2) is 53.7 Å². The Bertz CT molecular complexity index is 416. The van der Waals surface area contributed by atoms with E-state index in [0.717, 1.165) is 31.7 Å². The molecule has 0 amide bonds. The van der Waals surface area contributed by atoms with Gasteiger partial charge >= 0.3 is 0 Å². The number of nitrogens with zero attached hydrogens (tertiary/aromatic N) is 2. The monoisotopic (exact) mass is 277 g/mol. The number of aliphatic hydroxyl groups excluding tert-OH is 1. The van der Waals surface area contributed by atoms with Gasteiger partial charge in [-0.05, 0) is 31.0 Å². The summed E-state index contributed by atoms with van der Waals surface area (Å²) in [5, 5.41) is 10.3. The van der Waals surface area contributed by atoms with Gasteiger partial charge in [-0.1, -0.05) is 19.1 Å². The van der Waals surface area contributed by atoms with E-state index in [0.29, 0.717) is 18.3 Å². The topological polar surface area (TPSA) is 52.7 Å². The first kappa shape index (κ1) is 15.3. The zero-order valence-electron chi connectivity index (χ0n) is 12.6. The number of rotatable bonds is 5. The first-order chi connectivity index (χ1) is 9.60. The van der Waals surface area contributed by atoms with Crippen LogP contribution in [0.25, 0.3) is 0 Å². The predicted molar refractivity (Wildman–Crippen MR) is 83.6 cm³/mol. The van der Waals surface area contributed by atoms with Crippen LogP contribution in [0.1, 0.15) is 31.9 Å². The minimum atomic E-state index is -0.450. The van der Waals surface area contributed by atoms with Crippen molar-refractivity contribution in [3.05, 3.63) is 29.8 Å². The first-order valence-electron chi connectivity index (χ1n) is 7.60. The lowest BCUT2D eigenvalue weighted by molar-refractivity contribution is 0.0584. The van der Waals surface area contributed by atoms with E-state index in [-0.39, 0.29) is 0 Å². The lowest BCUT2D eigenvalue weighted by atomic mass is 10.1. The van der Waals surface area contributed by atoms with Gasteiger partial charge in [0.2, 0.25) is 0 Å². The average Bonchev–Trinajstić information content (AvgIpc) is 2.47. The number of benzene rings is 1. The van der Waals surface area contributed by atoms with Crippen LogP contribution >= 0.6 is 0 Å². The highest BCUT2D eigenvalue weighted by Crippen LogP contribution is 2.18. The van der Waals surface area contributed by atoms with Crippen molar-refractivity contribution in [1.29, 1.82) is 0 Å². The first-order valence-corrected chi connectivity index (χ1v) is 7.60. The summed E-state index contributed by atoms with van der Waals surface area (Å²) in [6, 6.07) is 8.21. The Morgan fingerprint density at radius 3 is 2.55 bits per heavy atom. The Hall–Kier alpha value is -1.10. The van der Waals surface area contributed by atoms with Gasteiger partial charge in [-0.3, -0.25) is 9.80 Å². The van der Waals surface area contributed by atoms with Crippen molar-refractivity contribution in [3.63, 3.8) is 0 Å². The van der Waals surface area contributed by atoms with Gasteiger partial charge in [0.25, 0.3) is 0 Å². The Balaban J connectivity index is 1.83. The minimum absolute atomic E-state index is 0.450. The molecule has 0 aliphatic carbocycles. The molecule has 1 aliphatic rings. The molecule has 20 heavy (non-hydrogen) atoms. The third-order valence-corrected chi connectivity index (χ3v) is 4.35. The maximum atomic E-state index is 10.3. The number of piperazine rings is 1. The van der Waals surface area contributed by atoms with Crippen LogP contribution in [0.15, 0.2) is 24.3 Å². The second-order valence-electron chi connectivity index (χ2n) is 5.78. The molecule has 1 aliphatic heterocycles. The molecule has 0 aromatic heterocycles. The highest BCUT2D eigenvalue weighted by Gasteiger charge is 2.22. The lowest BCUT2D eigenvalue weighted by Gasteiger charge is -2.38. The van der Waals surface area contributed by atoms with Crippen molar-refractivity contribution in [2.45, 2.75) is 32.4 Å². The molecule has 0 saturated carbocycles. The van der Waals surface area contributed by atoms with Gasteiger partial charge in [0.05, 0.1) is 6.10 Å². The van der Waals surface area contributed by atoms with Gasteiger partial charge in [0.15, 0.2) is 0 Å². The summed E-state index contributed by atoms with van der Waals surface area (Å²) in [5.41, 5.74) is 7.39. The molecule has 4 nitrogen and oxygen atoms in total. The third kappa shape index (κ3) is 3.95. The zero-order valence-corrected chi connectivity index (χ0v) is 12.6. The van der Waals surface area contributed by atoms with Crippen molar-refractivity contribution in [1.82, 2.24) is 9.80 Å². The lowest BCUT2D eigenvalue weighted by Crippen LogP contribution is -2.50. The van der Waals surface area contributed by atoms with Crippen LogP contribution < -0.4 is 5.73 Å². The molecule has 112 valence electrons. The second kappa shape index (κ2) is 7.07. The van der Waals surface area contributed by atoms with Crippen molar-refractivity contribution < 1.29 is 5.11 Å². The fraction of sp³-hybridized carbons (Fsp3) is 0.625. The summed E-state index contributed by atoms with van der Waals surface area (Å²) in [4.78, 5) is 4.87. The van der Waals surface area contributed by atoms with Gasteiger partial charge in [-0.15, -0.1) is 0 Å². The van der Waals surface area contributed by atoms with Crippen LogP contribution in [0.5, 0.6) is 0 Å². The highest BCUT2D eigenvalue weighted by molar-refractivity contribution is 5.41. The minimum Gasteiger partial charge on any atom is -0.399 e. The van der Waals surface area contributed by atoms with Crippen LogP contribution in [0.4, 0.5) is 5.69 Å². The predicted octanol–water partition coefficient (Wildman–Crippen LogP) is 1.72. The molecule has 1 aromatic rings. The maximum absolute atomic E-state index is 10.3. The number of anilines is 1. The van der Waals surface area contributed by atoms with Gasteiger partial charge in [0.1, 0.15) is 0 Å². The van der Waals surface area contributed by atoms with Crippen LogP contribution in [-0.2, 0) is 0 Å². The largest absolute Gasteiger partial charge is 0.399 e. The number of aliphatic hydroxyl groups is 1. The third-order valence-electron chi connectivity index (χ3n) is 4.35. The zero-order chi connectivity index (χ0) is 14.5. The molecule has 1 fully saturated rings. The summed E-state index contributed by atoms with van der Waals surface area (Å²) >= 11 is 0. The van der Waals surface area contributed by atoms with Crippen molar-refractivity contribution in [2.24, 2.45) is 0 Å². The van der Waals surface area contributed by atoms with Gasteiger partial charge in [-0.2, -0.15) is 0 Å².